The minimum Gasteiger partial charge on any atom is -0.508 e. The number of phenolic OH excluding ortho intramolecular Hbond substituents is 1. The topological polar surface area (TPSA) is 82.1 Å². The molecule has 2 aromatic carbocycles. The van der Waals surface area contributed by atoms with Gasteiger partial charge in [0.1, 0.15) is 17.6 Å². The summed E-state index contributed by atoms with van der Waals surface area (Å²) in [7, 11) is 0. The zero-order valence-corrected chi connectivity index (χ0v) is 10.5. The molecule has 0 unspecified atom stereocenters. The van der Waals surface area contributed by atoms with Gasteiger partial charge in [0.05, 0.1) is 11.3 Å². The number of aromatic hydroxyl groups is 1. The predicted molar refractivity (Wildman–Crippen MR) is 71.2 cm³/mol. The van der Waals surface area contributed by atoms with Crippen LogP contribution >= 0.6 is 11.8 Å². The van der Waals surface area contributed by atoms with E-state index in [9.17, 15) is 9.50 Å². The molecule has 0 aromatic heterocycles. The van der Waals surface area contributed by atoms with Gasteiger partial charge >= 0.3 is 0 Å². The molecule has 0 aliphatic carbocycles. The highest BCUT2D eigenvalue weighted by Crippen LogP contribution is 2.33. The first-order valence-corrected chi connectivity index (χ1v) is 6.13. The Bertz CT molecular complexity index is 638. The molecule has 2 rings (SSSR count). The van der Waals surface area contributed by atoms with Crippen molar-refractivity contribution in [2.24, 2.45) is 5.84 Å². The number of hydrazine groups is 1. The Morgan fingerprint density at radius 2 is 1.95 bits per heavy atom. The van der Waals surface area contributed by atoms with E-state index < -0.39 is 5.82 Å². The van der Waals surface area contributed by atoms with E-state index in [0.29, 0.717) is 4.90 Å². The van der Waals surface area contributed by atoms with E-state index in [1.807, 2.05) is 6.07 Å². The molecule has 0 saturated heterocycles. The average Bonchev–Trinajstić information content (AvgIpc) is 2.42. The molecule has 0 bridgehead atoms. The van der Waals surface area contributed by atoms with Gasteiger partial charge in [-0.05, 0) is 36.4 Å². The minimum absolute atomic E-state index is 0.125. The lowest BCUT2D eigenvalue weighted by atomic mass is 10.2. The first-order valence-electron chi connectivity index (χ1n) is 5.31. The van der Waals surface area contributed by atoms with Crippen LogP contribution in [0.25, 0.3) is 0 Å². The van der Waals surface area contributed by atoms with Crippen molar-refractivity contribution in [3.63, 3.8) is 0 Å². The molecule has 0 atom stereocenters. The summed E-state index contributed by atoms with van der Waals surface area (Å²) in [6.45, 7) is 0. The molecule has 2 aromatic rings. The number of hydrogen-bond acceptors (Lipinski definition) is 5. The lowest BCUT2D eigenvalue weighted by Gasteiger charge is -2.08. The molecule has 6 heteroatoms. The number of nitrogens with one attached hydrogen (secondary N) is 1. The molecule has 0 amide bonds. The first-order chi connectivity index (χ1) is 9.13. The molecule has 0 aliphatic rings. The fourth-order valence-electron chi connectivity index (χ4n) is 1.48. The second-order valence-corrected chi connectivity index (χ2v) is 4.80. The van der Waals surface area contributed by atoms with E-state index in [2.05, 4.69) is 5.43 Å². The monoisotopic (exact) mass is 275 g/mol. The largest absolute Gasteiger partial charge is 0.508 e. The molecule has 0 aliphatic heterocycles. The SMILES string of the molecule is N#Cc1cc(F)c(NN)cc1Sc1ccc(O)cc1. The summed E-state index contributed by atoms with van der Waals surface area (Å²) in [5, 5.41) is 18.2. The quantitative estimate of drug-likeness (QED) is 0.592. The maximum absolute atomic E-state index is 13.5. The third-order valence-electron chi connectivity index (χ3n) is 2.41. The van der Waals surface area contributed by atoms with Crippen molar-refractivity contribution in [2.75, 3.05) is 5.43 Å². The Hall–Kier alpha value is -2.23. The normalized spacial score (nSPS) is 9.95. The number of rotatable bonds is 3. The summed E-state index contributed by atoms with van der Waals surface area (Å²) in [4.78, 5) is 1.41. The number of halogens is 1. The van der Waals surface area contributed by atoms with E-state index in [4.69, 9.17) is 11.1 Å². The van der Waals surface area contributed by atoms with Gasteiger partial charge in [0.25, 0.3) is 0 Å². The first kappa shape index (κ1) is 13.2. The highest BCUT2D eigenvalue weighted by atomic mass is 32.2. The van der Waals surface area contributed by atoms with Crippen LogP contribution in [0.2, 0.25) is 0 Å². The van der Waals surface area contributed by atoms with Gasteiger partial charge in [-0.1, -0.05) is 11.8 Å². The van der Waals surface area contributed by atoms with Gasteiger partial charge in [-0.15, -0.1) is 0 Å². The van der Waals surface area contributed by atoms with E-state index in [1.165, 1.54) is 17.8 Å². The minimum atomic E-state index is -0.575. The molecule has 0 radical (unpaired) electrons. The Morgan fingerprint density at radius 1 is 1.26 bits per heavy atom. The number of nitrogen functional groups attached to an aromatic ring is 1. The molecular weight excluding hydrogens is 265 g/mol. The summed E-state index contributed by atoms with van der Waals surface area (Å²) in [6.07, 6.45) is 0. The van der Waals surface area contributed by atoms with Gasteiger partial charge in [-0.25, -0.2) is 4.39 Å². The van der Waals surface area contributed by atoms with Crippen LogP contribution in [-0.2, 0) is 0 Å². The van der Waals surface area contributed by atoms with E-state index in [0.717, 1.165) is 11.0 Å². The van der Waals surface area contributed by atoms with Gasteiger partial charge in [-0.3, -0.25) is 5.84 Å². The Labute approximate surface area is 113 Å². The lowest BCUT2D eigenvalue weighted by molar-refractivity contribution is 0.475. The lowest BCUT2D eigenvalue weighted by Crippen LogP contribution is -2.09. The van der Waals surface area contributed by atoms with Crippen molar-refractivity contribution >= 4 is 17.4 Å². The van der Waals surface area contributed by atoms with Gasteiger partial charge < -0.3 is 10.5 Å². The zero-order valence-electron chi connectivity index (χ0n) is 9.72. The van der Waals surface area contributed by atoms with Crippen molar-refractivity contribution in [1.29, 1.82) is 5.26 Å². The molecule has 0 heterocycles. The predicted octanol–water partition coefficient (Wildman–Crippen LogP) is 2.84. The van der Waals surface area contributed by atoms with Crippen LogP contribution in [0.3, 0.4) is 0 Å². The van der Waals surface area contributed by atoms with Crippen LogP contribution in [0, 0.1) is 17.1 Å². The van der Waals surface area contributed by atoms with Crippen LogP contribution in [0.4, 0.5) is 10.1 Å². The Kier molecular flexibility index (Phi) is 3.90. The van der Waals surface area contributed by atoms with Gasteiger partial charge in [0, 0.05) is 9.79 Å². The Balaban J connectivity index is 2.38. The van der Waals surface area contributed by atoms with Crippen LogP contribution in [0.1, 0.15) is 5.56 Å². The number of phenols is 1. The number of anilines is 1. The summed E-state index contributed by atoms with van der Waals surface area (Å²) < 4.78 is 13.5. The summed E-state index contributed by atoms with van der Waals surface area (Å²) in [5.41, 5.74) is 2.60. The van der Waals surface area contributed by atoms with Crippen molar-refractivity contribution in [3.8, 4) is 11.8 Å². The zero-order chi connectivity index (χ0) is 13.8. The average molecular weight is 275 g/mol. The number of nitrogens with two attached hydrogens (primary N) is 1. The number of hydrogen-bond donors (Lipinski definition) is 3. The molecule has 0 spiro atoms. The third-order valence-corrected chi connectivity index (χ3v) is 3.48. The highest BCUT2D eigenvalue weighted by Gasteiger charge is 2.10. The van der Waals surface area contributed by atoms with Crippen LogP contribution in [-0.4, -0.2) is 5.11 Å². The number of benzene rings is 2. The highest BCUT2D eigenvalue weighted by molar-refractivity contribution is 7.99. The summed E-state index contributed by atoms with van der Waals surface area (Å²) >= 11 is 1.29. The smallest absolute Gasteiger partial charge is 0.149 e. The molecule has 96 valence electrons. The molecule has 4 N–H and O–H groups in total. The maximum Gasteiger partial charge on any atom is 0.149 e. The molecule has 19 heavy (non-hydrogen) atoms. The van der Waals surface area contributed by atoms with Crippen molar-refractivity contribution in [3.05, 3.63) is 47.8 Å². The van der Waals surface area contributed by atoms with Gasteiger partial charge in [0.2, 0.25) is 0 Å². The second kappa shape index (κ2) is 5.61. The standard InChI is InChI=1S/C13H10FN3OS/c14-11-5-8(7-15)13(6-12(11)17-16)19-10-3-1-9(18)2-4-10/h1-6,17-18H,16H2. The van der Waals surface area contributed by atoms with Crippen molar-refractivity contribution in [1.82, 2.24) is 0 Å². The van der Waals surface area contributed by atoms with E-state index in [-0.39, 0.29) is 17.0 Å². The molecular formula is C13H10FN3OS. The second-order valence-electron chi connectivity index (χ2n) is 3.68. The van der Waals surface area contributed by atoms with E-state index >= 15 is 0 Å². The fourth-order valence-corrected chi connectivity index (χ4v) is 2.39. The van der Waals surface area contributed by atoms with Gasteiger partial charge in [-0.2, -0.15) is 5.26 Å². The molecule has 0 fully saturated rings. The Morgan fingerprint density at radius 3 is 2.53 bits per heavy atom. The maximum atomic E-state index is 13.5. The third kappa shape index (κ3) is 2.96. The number of nitriles is 1. The fraction of sp³-hybridized carbons (Fsp3) is 0. The summed E-state index contributed by atoms with van der Waals surface area (Å²) in [6, 6.07) is 11.1. The van der Waals surface area contributed by atoms with Crippen molar-refractivity contribution < 1.29 is 9.50 Å². The van der Waals surface area contributed by atoms with Gasteiger partial charge in [0.15, 0.2) is 0 Å². The number of nitrogens with zero attached hydrogens (tertiary/aromatic N) is 1. The van der Waals surface area contributed by atoms with Crippen LogP contribution in [0.15, 0.2) is 46.2 Å². The summed E-state index contributed by atoms with van der Waals surface area (Å²) in [5.74, 6) is 4.79. The van der Waals surface area contributed by atoms with Crippen molar-refractivity contribution in [2.45, 2.75) is 9.79 Å². The van der Waals surface area contributed by atoms with Crippen LogP contribution < -0.4 is 11.3 Å². The van der Waals surface area contributed by atoms with Crippen LogP contribution in [0.5, 0.6) is 5.75 Å². The molecule has 0 saturated carbocycles. The van der Waals surface area contributed by atoms with E-state index in [1.54, 1.807) is 24.3 Å². The molecule has 4 nitrogen and oxygen atoms in total.